The number of rotatable bonds is 5. The van der Waals surface area contributed by atoms with Gasteiger partial charge in [-0.25, -0.2) is 0 Å². The van der Waals surface area contributed by atoms with Crippen molar-refractivity contribution in [3.05, 3.63) is 31.4 Å². The smallest absolute Gasteiger partial charge is 0.0829 e. The molecule has 0 aromatic carbocycles. The predicted octanol–water partition coefficient (Wildman–Crippen LogP) is 3.23. The molecular formula is C11H15BrN4S2. The quantitative estimate of drug-likeness (QED) is 0.644. The van der Waals surface area contributed by atoms with Crippen molar-refractivity contribution < 1.29 is 0 Å². The molecule has 0 bridgehead atoms. The van der Waals surface area contributed by atoms with E-state index in [0.29, 0.717) is 5.92 Å². The van der Waals surface area contributed by atoms with Crippen molar-refractivity contribution in [3.8, 4) is 0 Å². The first kappa shape index (κ1) is 14.1. The highest BCUT2D eigenvalue weighted by atomic mass is 79.9. The molecule has 2 heterocycles. The number of hydrogen-bond acceptors (Lipinski definition) is 6. The number of hydrogen-bond donors (Lipinski definition) is 2. The van der Waals surface area contributed by atoms with Crippen molar-refractivity contribution in [1.82, 2.24) is 15.0 Å². The largest absolute Gasteiger partial charge is 0.271 e. The molecule has 0 amide bonds. The third-order valence-corrected chi connectivity index (χ3v) is 5.14. The number of aromatic nitrogens is 2. The highest BCUT2D eigenvalue weighted by molar-refractivity contribution is 9.11. The second-order valence-corrected chi connectivity index (χ2v) is 7.64. The Bertz CT molecular complexity index is 509. The summed E-state index contributed by atoms with van der Waals surface area (Å²) in [6.45, 7) is 4.24. The number of nitrogens with zero attached hydrogens (tertiary/aromatic N) is 2. The van der Waals surface area contributed by atoms with E-state index in [0.717, 1.165) is 20.8 Å². The summed E-state index contributed by atoms with van der Waals surface area (Å²) in [5.41, 5.74) is 3.92. The first-order valence-corrected chi connectivity index (χ1v) is 8.02. The van der Waals surface area contributed by atoms with Gasteiger partial charge in [-0.2, -0.15) is 0 Å². The van der Waals surface area contributed by atoms with Gasteiger partial charge in [-0.1, -0.05) is 18.3 Å². The Labute approximate surface area is 123 Å². The molecule has 1 unspecified atom stereocenters. The van der Waals surface area contributed by atoms with E-state index in [9.17, 15) is 0 Å². The second-order valence-electron chi connectivity index (χ2n) is 4.31. The summed E-state index contributed by atoms with van der Waals surface area (Å²) >= 11 is 6.63. The SMILES string of the molecule is CC(C)c1nnsc1C(Cc1ccc(Br)s1)NN. The number of halogens is 1. The van der Waals surface area contributed by atoms with E-state index in [1.165, 1.54) is 16.4 Å². The maximum atomic E-state index is 5.68. The zero-order chi connectivity index (χ0) is 13.1. The van der Waals surface area contributed by atoms with Crippen LogP contribution in [-0.4, -0.2) is 9.59 Å². The van der Waals surface area contributed by atoms with Crippen LogP contribution in [0.3, 0.4) is 0 Å². The molecule has 0 aliphatic rings. The third kappa shape index (κ3) is 3.16. The Morgan fingerprint density at radius 2 is 2.22 bits per heavy atom. The van der Waals surface area contributed by atoms with E-state index in [1.54, 1.807) is 11.3 Å². The molecule has 4 nitrogen and oxygen atoms in total. The van der Waals surface area contributed by atoms with Crippen molar-refractivity contribution in [3.63, 3.8) is 0 Å². The van der Waals surface area contributed by atoms with E-state index < -0.39 is 0 Å². The first-order chi connectivity index (χ1) is 8.61. The van der Waals surface area contributed by atoms with Crippen LogP contribution < -0.4 is 11.3 Å². The van der Waals surface area contributed by atoms with Gasteiger partial charge >= 0.3 is 0 Å². The van der Waals surface area contributed by atoms with E-state index >= 15 is 0 Å². The minimum absolute atomic E-state index is 0.0768. The molecule has 18 heavy (non-hydrogen) atoms. The topological polar surface area (TPSA) is 63.8 Å². The molecule has 2 rings (SSSR count). The van der Waals surface area contributed by atoms with Gasteiger partial charge in [0.15, 0.2) is 0 Å². The minimum atomic E-state index is 0.0768. The fourth-order valence-corrected chi connectivity index (χ4v) is 4.13. The Balaban J connectivity index is 2.20. The molecule has 3 N–H and O–H groups in total. The molecule has 98 valence electrons. The van der Waals surface area contributed by atoms with E-state index in [-0.39, 0.29) is 6.04 Å². The Morgan fingerprint density at radius 1 is 1.44 bits per heavy atom. The van der Waals surface area contributed by atoms with Crippen LogP contribution in [0.5, 0.6) is 0 Å². The highest BCUT2D eigenvalue weighted by Gasteiger charge is 2.21. The summed E-state index contributed by atoms with van der Waals surface area (Å²) in [4.78, 5) is 2.42. The second kappa shape index (κ2) is 6.21. The molecule has 0 spiro atoms. The van der Waals surface area contributed by atoms with Gasteiger partial charge in [0.2, 0.25) is 0 Å². The van der Waals surface area contributed by atoms with Gasteiger partial charge in [-0.05, 0) is 45.5 Å². The lowest BCUT2D eigenvalue weighted by atomic mass is 10.0. The molecule has 0 saturated heterocycles. The van der Waals surface area contributed by atoms with Crippen molar-refractivity contribution in [1.29, 1.82) is 0 Å². The summed E-state index contributed by atoms with van der Waals surface area (Å²) < 4.78 is 5.19. The summed E-state index contributed by atoms with van der Waals surface area (Å²) in [6.07, 6.45) is 0.858. The number of nitrogens with one attached hydrogen (secondary N) is 1. The van der Waals surface area contributed by atoms with Crippen LogP contribution in [0, 0.1) is 0 Å². The van der Waals surface area contributed by atoms with Crippen LogP contribution in [0.25, 0.3) is 0 Å². The van der Waals surface area contributed by atoms with Crippen LogP contribution in [0.15, 0.2) is 15.9 Å². The van der Waals surface area contributed by atoms with E-state index in [4.69, 9.17) is 5.84 Å². The van der Waals surface area contributed by atoms with Crippen LogP contribution in [0.4, 0.5) is 0 Å². The van der Waals surface area contributed by atoms with Crippen molar-refractivity contribution in [2.24, 2.45) is 5.84 Å². The lowest BCUT2D eigenvalue weighted by Crippen LogP contribution is -2.29. The lowest BCUT2D eigenvalue weighted by Gasteiger charge is -2.15. The first-order valence-electron chi connectivity index (χ1n) is 5.64. The Kier molecular flexibility index (Phi) is 4.85. The molecular weight excluding hydrogens is 332 g/mol. The van der Waals surface area contributed by atoms with E-state index in [1.807, 2.05) is 0 Å². The van der Waals surface area contributed by atoms with Gasteiger partial charge < -0.3 is 0 Å². The molecule has 1 atom stereocenters. The van der Waals surface area contributed by atoms with Crippen LogP contribution in [0.2, 0.25) is 0 Å². The number of hydrazine groups is 1. The monoisotopic (exact) mass is 346 g/mol. The standard InChI is InChI=1S/C11H15BrN4S2/c1-6(2)10-11(18-16-15-10)8(14-13)5-7-3-4-9(12)17-7/h3-4,6,8,14H,5,13H2,1-2H3. The Hall–Kier alpha value is -0.340. The molecule has 0 radical (unpaired) electrons. The van der Waals surface area contributed by atoms with Crippen molar-refractivity contribution in [2.75, 3.05) is 0 Å². The van der Waals surface area contributed by atoms with Crippen molar-refractivity contribution >= 4 is 38.8 Å². The number of nitrogens with two attached hydrogens (primary N) is 1. The normalized spacial score (nSPS) is 13.2. The zero-order valence-corrected chi connectivity index (χ0v) is 13.4. The molecule has 0 saturated carbocycles. The summed E-state index contributed by atoms with van der Waals surface area (Å²) in [5.74, 6) is 6.05. The van der Waals surface area contributed by atoms with Gasteiger partial charge in [0, 0.05) is 11.3 Å². The molecule has 0 aliphatic carbocycles. The molecule has 0 fully saturated rings. The lowest BCUT2D eigenvalue weighted by molar-refractivity contribution is 0.554. The number of thiophene rings is 1. The molecule has 2 aromatic heterocycles. The fourth-order valence-electron chi connectivity index (χ4n) is 1.74. The van der Waals surface area contributed by atoms with Crippen LogP contribution in [-0.2, 0) is 6.42 Å². The highest BCUT2D eigenvalue weighted by Crippen LogP contribution is 2.31. The molecule has 2 aromatic rings. The van der Waals surface area contributed by atoms with Crippen LogP contribution >= 0.6 is 38.8 Å². The van der Waals surface area contributed by atoms with Gasteiger partial charge in [0.1, 0.15) is 0 Å². The van der Waals surface area contributed by atoms with Gasteiger partial charge in [-0.3, -0.25) is 11.3 Å². The average molecular weight is 347 g/mol. The zero-order valence-electron chi connectivity index (χ0n) is 10.2. The van der Waals surface area contributed by atoms with Gasteiger partial charge in [0.25, 0.3) is 0 Å². The predicted molar refractivity (Wildman–Crippen MR) is 79.8 cm³/mol. The third-order valence-electron chi connectivity index (χ3n) is 2.64. The summed E-state index contributed by atoms with van der Waals surface area (Å²) in [5, 5.41) is 4.20. The molecule has 0 aliphatic heterocycles. The maximum absolute atomic E-state index is 5.68. The van der Waals surface area contributed by atoms with E-state index in [2.05, 4.69) is 56.9 Å². The average Bonchev–Trinajstić information content (AvgIpc) is 2.94. The van der Waals surface area contributed by atoms with Crippen molar-refractivity contribution in [2.45, 2.75) is 32.2 Å². The van der Waals surface area contributed by atoms with Gasteiger partial charge in [-0.15, -0.1) is 16.4 Å². The minimum Gasteiger partial charge on any atom is -0.271 e. The summed E-state index contributed by atoms with van der Waals surface area (Å²) in [7, 11) is 0. The van der Waals surface area contributed by atoms with Crippen LogP contribution in [0.1, 0.15) is 41.3 Å². The van der Waals surface area contributed by atoms with Gasteiger partial charge in [0.05, 0.1) is 20.4 Å². The fraction of sp³-hybridized carbons (Fsp3) is 0.455. The molecule has 7 heteroatoms. The maximum Gasteiger partial charge on any atom is 0.0829 e. The summed E-state index contributed by atoms with van der Waals surface area (Å²) in [6, 6.07) is 4.25. The Morgan fingerprint density at radius 3 is 2.78 bits per heavy atom.